The molecule has 0 bridgehead atoms. The third-order valence-corrected chi connectivity index (χ3v) is 7.13. The number of nitrogens with zero attached hydrogens (tertiary/aromatic N) is 4. The molecule has 1 saturated heterocycles. The van der Waals surface area contributed by atoms with Crippen molar-refractivity contribution in [2.75, 3.05) is 50.1 Å². The molecule has 5 rings (SSSR count). The van der Waals surface area contributed by atoms with Crippen molar-refractivity contribution >= 4 is 22.9 Å². The van der Waals surface area contributed by atoms with Crippen molar-refractivity contribution in [1.29, 1.82) is 5.41 Å². The van der Waals surface area contributed by atoms with Crippen molar-refractivity contribution in [3.05, 3.63) is 101 Å². The quantitative estimate of drug-likeness (QED) is 0.174. The van der Waals surface area contributed by atoms with Gasteiger partial charge in [-0.05, 0) is 44.5 Å². The Morgan fingerprint density at radius 3 is 2.56 bits per heavy atom. The lowest BCUT2D eigenvalue weighted by atomic mass is 10.1. The molecule has 0 unspecified atom stereocenters. The maximum Gasteiger partial charge on any atom is 0.180 e. The number of rotatable bonds is 13. The van der Waals surface area contributed by atoms with Gasteiger partial charge in [0, 0.05) is 78.4 Å². The van der Waals surface area contributed by atoms with Crippen LogP contribution in [0.25, 0.3) is 0 Å². The third-order valence-electron chi connectivity index (χ3n) is 7.13. The largest absolute Gasteiger partial charge is 0.494 e. The average molecular weight is 588 g/mol. The summed E-state index contributed by atoms with van der Waals surface area (Å²) in [5, 5.41) is 15.4. The molecule has 1 aliphatic rings. The number of ether oxygens (including phenoxy) is 2. The van der Waals surface area contributed by atoms with E-state index in [1.54, 1.807) is 49.8 Å². The molecule has 0 atom stereocenters. The summed E-state index contributed by atoms with van der Waals surface area (Å²) >= 11 is 0. The lowest BCUT2D eigenvalue weighted by Gasteiger charge is -2.26. The van der Waals surface area contributed by atoms with Crippen LogP contribution < -0.4 is 15.4 Å². The summed E-state index contributed by atoms with van der Waals surface area (Å²) in [5.41, 5.74) is 2.75. The van der Waals surface area contributed by atoms with E-state index in [0.29, 0.717) is 23.7 Å². The maximum atomic E-state index is 14.7. The molecule has 11 heteroatoms. The van der Waals surface area contributed by atoms with E-state index in [2.05, 4.69) is 25.5 Å². The van der Waals surface area contributed by atoms with Gasteiger partial charge in [0.2, 0.25) is 0 Å². The van der Waals surface area contributed by atoms with E-state index in [4.69, 9.17) is 19.9 Å². The fourth-order valence-electron chi connectivity index (χ4n) is 4.87. The predicted molar refractivity (Wildman–Crippen MR) is 162 cm³/mol. The van der Waals surface area contributed by atoms with E-state index in [1.165, 1.54) is 12.1 Å². The Kier molecular flexibility index (Phi) is 10.2. The second-order valence-electron chi connectivity index (χ2n) is 10.1. The van der Waals surface area contributed by atoms with Crippen LogP contribution in [0.2, 0.25) is 0 Å². The van der Waals surface area contributed by atoms with Crippen LogP contribution in [0.4, 0.5) is 26.0 Å². The molecule has 0 saturated carbocycles. The van der Waals surface area contributed by atoms with E-state index in [9.17, 15) is 8.78 Å². The van der Waals surface area contributed by atoms with Crippen LogP contribution in [0.1, 0.15) is 35.9 Å². The van der Waals surface area contributed by atoms with Crippen molar-refractivity contribution in [3.8, 4) is 5.75 Å². The zero-order valence-corrected chi connectivity index (χ0v) is 24.1. The lowest BCUT2D eigenvalue weighted by Crippen LogP contribution is -2.37. The van der Waals surface area contributed by atoms with E-state index >= 15 is 0 Å². The highest BCUT2D eigenvalue weighted by Crippen LogP contribution is 2.25. The van der Waals surface area contributed by atoms with Gasteiger partial charge in [-0.15, -0.1) is 0 Å². The van der Waals surface area contributed by atoms with Crippen LogP contribution in [0.3, 0.4) is 0 Å². The first kappa shape index (κ1) is 30.0. The number of aromatic nitrogens is 3. The highest BCUT2D eigenvalue weighted by molar-refractivity contribution is 6.12. The zero-order chi connectivity index (χ0) is 30.0. The number of halogens is 2. The molecule has 43 heavy (non-hydrogen) atoms. The van der Waals surface area contributed by atoms with Crippen molar-refractivity contribution < 1.29 is 18.3 Å². The van der Waals surface area contributed by atoms with Crippen molar-refractivity contribution in [2.45, 2.75) is 26.3 Å². The molecule has 0 radical (unpaired) electrons. The predicted octanol–water partition coefficient (Wildman–Crippen LogP) is 5.59. The van der Waals surface area contributed by atoms with Crippen LogP contribution in [-0.4, -0.2) is 65.0 Å². The van der Waals surface area contributed by atoms with Gasteiger partial charge in [0.05, 0.1) is 19.8 Å². The molecule has 0 amide bonds. The summed E-state index contributed by atoms with van der Waals surface area (Å²) in [7, 11) is 0. The summed E-state index contributed by atoms with van der Waals surface area (Å²) in [6.45, 7) is 6.27. The molecule has 0 spiro atoms. The topological polar surface area (TPSA) is 108 Å². The van der Waals surface area contributed by atoms with Gasteiger partial charge in [0.15, 0.2) is 5.82 Å². The normalized spacial score (nSPS) is 13.5. The van der Waals surface area contributed by atoms with Gasteiger partial charge in [0.25, 0.3) is 0 Å². The first-order valence-electron chi connectivity index (χ1n) is 14.4. The van der Waals surface area contributed by atoms with E-state index < -0.39 is 11.6 Å². The van der Waals surface area contributed by atoms with E-state index in [1.807, 2.05) is 12.1 Å². The molecule has 2 aromatic carbocycles. The van der Waals surface area contributed by atoms with Crippen LogP contribution in [0, 0.1) is 17.0 Å². The van der Waals surface area contributed by atoms with Crippen molar-refractivity contribution in [2.24, 2.45) is 0 Å². The summed E-state index contributed by atoms with van der Waals surface area (Å²) < 4.78 is 40.0. The first-order chi connectivity index (χ1) is 21.0. The number of pyridine rings is 1. The summed E-state index contributed by atoms with van der Waals surface area (Å²) in [6, 6.07) is 13.1. The monoisotopic (exact) mass is 587 g/mol. The number of anilines is 3. The first-order valence-corrected chi connectivity index (χ1v) is 14.4. The van der Waals surface area contributed by atoms with Gasteiger partial charge in [0.1, 0.15) is 28.9 Å². The number of hydrogen-bond acceptors (Lipinski definition) is 9. The van der Waals surface area contributed by atoms with Gasteiger partial charge in [-0.1, -0.05) is 18.2 Å². The van der Waals surface area contributed by atoms with E-state index in [0.717, 1.165) is 56.9 Å². The third kappa shape index (κ3) is 7.88. The Bertz CT molecular complexity index is 1510. The standard InChI is InChI=1S/C32H35F2N7O2/c1-2-43-24-18-27(33)26(28(34)19-24)21-37-29-8-4-3-7-25(29)30(35)32-38-20-22(6-5-13-41-14-16-42-17-15-41)31(40-32)39-23-9-11-36-12-10-23/h3-4,7-12,18-20,35,37H,2,5-6,13-17,21H2,1H3,(H,36,38,39,40). The average Bonchev–Trinajstić information content (AvgIpc) is 3.02. The SMILES string of the molecule is CCOc1cc(F)c(CNc2ccccc2C(=N)c2ncc(CCCN3CCOCC3)c(Nc3ccncc3)n2)c(F)c1. The second-order valence-corrected chi connectivity index (χ2v) is 10.1. The number of nitrogens with one attached hydrogen (secondary N) is 3. The highest BCUT2D eigenvalue weighted by atomic mass is 19.1. The summed E-state index contributed by atoms with van der Waals surface area (Å²) in [5.74, 6) is -0.430. The zero-order valence-electron chi connectivity index (χ0n) is 24.1. The molecule has 1 fully saturated rings. The molecule has 224 valence electrons. The Morgan fingerprint density at radius 1 is 1.07 bits per heavy atom. The fraction of sp³-hybridized carbons (Fsp3) is 0.312. The number of morpholine rings is 1. The highest BCUT2D eigenvalue weighted by Gasteiger charge is 2.18. The Morgan fingerprint density at radius 2 is 1.81 bits per heavy atom. The molecular formula is C32H35F2N7O2. The van der Waals surface area contributed by atoms with Crippen LogP contribution in [0.15, 0.2) is 67.1 Å². The molecule has 9 nitrogen and oxygen atoms in total. The van der Waals surface area contributed by atoms with Crippen LogP contribution in [0.5, 0.6) is 5.75 Å². The Hall–Kier alpha value is -4.48. The second kappa shape index (κ2) is 14.6. The minimum absolute atomic E-state index is 0.0772. The Balaban J connectivity index is 1.35. The fourth-order valence-corrected chi connectivity index (χ4v) is 4.87. The molecule has 1 aliphatic heterocycles. The van der Waals surface area contributed by atoms with Gasteiger partial charge in [-0.3, -0.25) is 15.3 Å². The summed E-state index contributed by atoms with van der Waals surface area (Å²) in [6.07, 6.45) is 6.85. The van der Waals surface area contributed by atoms with Crippen molar-refractivity contribution in [1.82, 2.24) is 19.9 Å². The van der Waals surface area contributed by atoms with Gasteiger partial charge < -0.3 is 20.1 Å². The van der Waals surface area contributed by atoms with Gasteiger partial charge >= 0.3 is 0 Å². The molecule has 0 aliphatic carbocycles. The lowest BCUT2D eigenvalue weighted by molar-refractivity contribution is 0.0374. The number of hydrogen-bond donors (Lipinski definition) is 3. The van der Waals surface area contributed by atoms with Crippen molar-refractivity contribution in [3.63, 3.8) is 0 Å². The number of benzene rings is 2. The molecule has 4 aromatic rings. The molecule has 3 N–H and O–H groups in total. The summed E-state index contributed by atoms with van der Waals surface area (Å²) in [4.78, 5) is 15.8. The van der Waals surface area contributed by atoms with Gasteiger partial charge in [-0.25, -0.2) is 18.7 Å². The molecular weight excluding hydrogens is 552 g/mol. The van der Waals surface area contributed by atoms with Crippen LogP contribution >= 0.6 is 0 Å². The van der Waals surface area contributed by atoms with Crippen LogP contribution in [-0.2, 0) is 17.7 Å². The smallest absolute Gasteiger partial charge is 0.180 e. The molecule has 2 aromatic heterocycles. The Labute approximate surface area is 249 Å². The number of para-hydroxylation sites is 1. The van der Waals surface area contributed by atoms with E-state index in [-0.39, 0.29) is 29.4 Å². The minimum atomic E-state index is -0.706. The molecule has 3 heterocycles. The van der Waals surface area contributed by atoms with Gasteiger partial charge in [-0.2, -0.15) is 0 Å². The number of aryl methyl sites for hydroxylation is 1. The minimum Gasteiger partial charge on any atom is -0.494 e. The maximum absolute atomic E-state index is 14.7.